The van der Waals surface area contributed by atoms with Crippen molar-refractivity contribution in [3.05, 3.63) is 11.8 Å². The maximum absolute atomic E-state index is 11.4. The van der Waals surface area contributed by atoms with Crippen molar-refractivity contribution in [3.8, 4) is 0 Å². The first-order chi connectivity index (χ1) is 12.5. The molecule has 1 saturated heterocycles. The lowest BCUT2D eigenvalue weighted by Gasteiger charge is -2.46. The molecule has 2 fully saturated rings. The Morgan fingerprint density at radius 1 is 1.19 bits per heavy atom. The Morgan fingerprint density at radius 3 is 2.44 bits per heavy atom. The zero-order valence-electron chi connectivity index (χ0n) is 14.5. The van der Waals surface area contributed by atoms with Crippen LogP contribution in [0.15, 0.2) is 11.8 Å². The Bertz CT molecular complexity index is 617. The minimum absolute atomic E-state index is 0.0549. The normalized spacial score (nSPS) is 49.9. The molecule has 3 aliphatic rings. The van der Waals surface area contributed by atoms with Crippen molar-refractivity contribution in [3.63, 3.8) is 0 Å². The van der Waals surface area contributed by atoms with E-state index in [1.807, 2.05) is 0 Å². The molecule has 0 aromatic carbocycles. The number of aliphatic hydroxyl groups excluding tert-OH is 4. The fourth-order valence-corrected chi connectivity index (χ4v) is 4.06. The molecule has 2 aliphatic heterocycles. The quantitative estimate of drug-likeness (QED) is 0.259. The van der Waals surface area contributed by atoms with Crippen molar-refractivity contribution >= 4 is 5.97 Å². The van der Waals surface area contributed by atoms with E-state index in [9.17, 15) is 40.5 Å². The van der Waals surface area contributed by atoms with Crippen molar-refractivity contribution in [2.45, 2.75) is 68.0 Å². The Balaban J connectivity index is 1.87. The number of ether oxygens (including phenoxy) is 3. The van der Waals surface area contributed by atoms with Gasteiger partial charge in [-0.15, -0.1) is 0 Å². The molecule has 154 valence electrons. The zero-order chi connectivity index (χ0) is 20.1. The van der Waals surface area contributed by atoms with Gasteiger partial charge in [0.15, 0.2) is 6.29 Å². The second-order valence-corrected chi connectivity index (χ2v) is 7.43. The van der Waals surface area contributed by atoms with E-state index in [-0.39, 0.29) is 12.8 Å². The van der Waals surface area contributed by atoms with Gasteiger partial charge in [0, 0.05) is 0 Å². The van der Waals surface area contributed by atoms with Crippen LogP contribution >= 0.6 is 0 Å². The topological polar surface area (TPSA) is 186 Å². The van der Waals surface area contributed by atoms with Crippen molar-refractivity contribution in [1.82, 2.24) is 0 Å². The predicted octanol–water partition coefficient (Wildman–Crippen LogP) is -2.98. The summed E-state index contributed by atoms with van der Waals surface area (Å²) in [6, 6.07) is 0. The van der Waals surface area contributed by atoms with Gasteiger partial charge in [0.2, 0.25) is 6.29 Å². The van der Waals surface area contributed by atoms with E-state index in [1.54, 1.807) is 0 Å². The number of rotatable bonds is 4. The van der Waals surface area contributed by atoms with Gasteiger partial charge >= 0.3 is 5.97 Å². The van der Waals surface area contributed by atoms with Gasteiger partial charge in [0.25, 0.3) is 0 Å². The molecule has 0 aromatic rings. The number of carboxylic acid groups (broad SMARTS) is 1. The van der Waals surface area contributed by atoms with Crippen LogP contribution in [0.5, 0.6) is 0 Å². The fourth-order valence-electron chi connectivity index (χ4n) is 4.06. The van der Waals surface area contributed by atoms with Gasteiger partial charge in [-0.25, -0.2) is 4.79 Å². The van der Waals surface area contributed by atoms with Crippen LogP contribution in [0, 0.1) is 5.92 Å². The standard InChI is InChI=1S/C16H24O11/c1-15(23)2-3-16(24)6(12(21)22)5-25-14(11(15)16)27-13-10(20)9(19)8(18)7(4-17)26-13/h5,7-11,13-14,17-20,23-24H,2-4H2,1H3,(H,21,22)/t7-,8-,9+,10-,11+,13+,14+,15+,16+/m1/s1. The van der Waals surface area contributed by atoms with Crippen LogP contribution in [0.1, 0.15) is 19.8 Å². The van der Waals surface area contributed by atoms with Gasteiger partial charge in [-0.05, 0) is 19.8 Å². The molecule has 0 radical (unpaired) electrons. The molecular formula is C16H24O11. The van der Waals surface area contributed by atoms with E-state index >= 15 is 0 Å². The first-order valence-electron chi connectivity index (χ1n) is 8.53. The third-order valence-corrected chi connectivity index (χ3v) is 5.60. The third-order valence-electron chi connectivity index (χ3n) is 5.60. The van der Waals surface area contributed by atoms with Crippen LogP contribution in [0.25, 0.3) is 0 Å². The monoisotopic (exact) mass is 392 g/mol. The van der Waals surface area contributed by atoms with E-state index < -0.39 is 72.3 Å². The van der Waals surface area contributed by atoms with Crippen molar-refractivity contribution in [2.24, 2.45) is 5.92 Å². The van der Waals surface area contributed by atoms with E-state index in [2.05, 4.69) is 0 Å². The molecule has 9 atom stereocenters. The van der Waals surface area contributed by atoms with Crippen molar-refractivity contribution < 1.29 is 54.8 Å². The SMILES string of the molecule is C[C@]1(O)CC[C@]2(O)C(C(=O)O)=CO[C@@H](O[C@@H]3O[C@H](CO)[C@@H](O)[C@H](O)[C@H]3O)[C@@H]12. The molecular weight excluding hydrogens is 368 g/mol. The van der Waals surface area contributed by atoms with Crippen LogP contribution in [-0.2, 0) is 19.0 Å². The van der Waals surface area contributed by atoms with Gasteiger partial charge in [-0.3, -0.25) is 0 Å². The maximum atomic E-state index is 11.4. The summed E-state index contributed by atoms with van der Waals surface area (Å²) in [7, 11) is 0. The highest BCUT2D eigenvalue weighted by Gasteiger charge is 2.63. The highest BCUT2D eigenvalue weighted by molar-refractivity contribution is 5.89. The second kappa shape index (κ2) is 6.94. The van der Waals surface area contributed by atoms with Gasteiger partial charge in [0.1, 0.15) is 35.6 Å². The molecule has 0 bridgehead atoms. The number of hydrogen-bond donors (Lipinski definition) is 7. The van der Waals surface area contributed by atoms with Gasteiger partial charge in [-0.1, -0.05) is 0 Å². The van der Waals surface area contributed by atoms with Gasteiger partial charge in [-0.2, -0.15) is 0 Å². The lowest BCUT2D eigenvalue weighted by Crippen LogP contribution is -2.62. The Kier molecular flexibility index (Phi) is 5.25. The molecule has 27 heavy (non-hydrogen) atoms. The maximum Gasteiger partial charge on any atom is 0.337 e. The largest absolute Gasteiger partial charge is 0.478 e. The molecule has 0 unspecified atom stereocenters. The molecule has 2 heterocycles. The number of hydrogen-bond acceptors (Lipinski definition) is 10. The zero-order valence-corrected chi connectivity index (χ0v) is 14.5. The molecule has 0 aromatic heterocycles. The molecule has 0 amide bonds. The summed E-state index contributed by atoms with van der Waals surface area (Å²) in [5.41, 5.74) is -3.92. The number of fused-ring (bicyclic) bond motifs is 1. The van der Waals surface area contributed by atoms with Crippen LogP contribution in [-0.4, -0.2) is 96.5 Å². The molecule has 1 saturated carbocycles. The van der Waals surface area contributed by atoms with E-state index in [0.717, 1.165) is 6.26 Å². The van der Waals surface area contributed by atoms with Crippen molar-refractivity contribution in [2.75, 3.05) is 6.61 Å². The van der Waals surface area contributed by atoms with E-state index in [0.29, 0.717) is 0 Å². The summed E-state index contributed by atoms with van der Waals surface area (Å²) in [6.07, 6.45) is -8.35. The highest BCUT2D eigenvalue weighted by atomic mass is 16.8. The van der Waals surface area contributed by atoms with Crippen LogP contribution in [0.3, 0.4) is 0 Å². The fraction of sp³-hybridized carbons (Fsp3) is 0.812. The van der Waals surface area contributed by atoms with Gasteiger partial charge in [0.05, 0.1) is 24.4 Å². The van der Waals surface area contributed by atoms with E-state index in [1.165, 1.54) is 6.92 Å². The van der Waals surface area contributed by atoms with Gasteiger partial charge < -0.3 is 50.0 Å². The Morgan fingerprint density at radius 2 is 1.85 bits per heavy atom. The smallest absolute Gasteiger partial charge is 0.337 e. The number of aliphatic carboxylic acids is 1. The minimum Gasteiger partial charge on any atom is -0.478 e. The first-order valence-corrected chi connectivity index (χ1v) is 8.53. The van der Waals surface area contributed by atoms with E-state index in [4.69, 9.17) is 14.2 Å². The molecule has 1 aliphatic carbocycles. The summed E-state index contributed by atoms with van der Waals surface area (Å²) in [5.74, 6) is -2.64. The average molecular weight is 392 g/mol. The average Bonchev–Trinajstić information content (AvgIpc) is 2.85. The lowest BCUT2D eigenvalue weighted by molar-refractivity contribution is -0.351. The first kappa shape index (κ1) is 20.4. The third kappa shape index (κ3) is 3.23. The van der Waals surface area contributed by atoms with Crippen LogP contribution < -0.4 is 0 Å². The highest BCUT2D eigenvalue weighted by Crippen LogP contribution is 2.52. The molecule has 11 nitrogen and oxygen atoms in total. The summed E-state index contributed by atoms with van der Waals surface area (Å²) < 4.78 is 16.0. The molecule has 11 heteroatoms. The summed E-state index contributed by atoms with van der Waals surface area (Å²) in [6.45, 7) is 0.734. The predicted molar refractivity (Wildman–Crippen MR) is 83.7 cm³/mol. The molecule has 3 rings (SSSR count). The number of carboxylic acids is 1. The second-order valence-electron chi connectivity index (χ2n) is 7.43. The molecule has 7 N–H and O–H groups in total. The Labute approximate surface area is 154 Å². The van der Waals surface area contributed by atoms with Crippen LogP contribution in [0.4, 0.5) is 0 Å². The van der Waals surface area contributed by atoms with Crippen LogP contribution in [0.2, 0.25) is 0 Å². The summed E-state index contributed by atoms with van der Waals surface area (Å²) in [4.78, 5) is 11.4. The summed E-state index contributed by atoms with van der Waals surface area (Å²) in [5, 5.41) is 69.9. The number of aliphatic hydroxyl groups is 6. The lowest BCUT2D eigenvalue weighted by atomic mass is 9.77. The Hall–Kier alpha value is -1.31. The molecule has 0 spiro atoms. The summed E-state index contributed by atoms with van der Waals surface area (Å²) >= 11 is 0. The minimum atomic E-state index is -1.94. The van der Waals surface area contributed by atoms with Crippen molar-refractivity contribution in [1.29, 1.82) is 0 Å². The number of carbonyl (C=O) groups is 1.